The Morgan fingerprint density at radius 3 is 2.61 bits per heavy atom. The van der Waals surface area contributed by atoms with E-state index in [0.29, 0.717) is 25.2 Å². The molecule has 124 valence electrons. The van der Waals surface area contributed by atoms with E-state index >= 15 is 0 Å². The smallest absolute Gasteiger partial charge is 0.141 e. The van der Waals surface area contributed by atoms with Crippen molar-refractivity contribution < 1.29 is 9.53 Å². The van der Waals surface area contributed by atoms with Crippen molar-refractivity contribution in [3.8, 4) is 0 Å². The van der Waals surface area contributed by atoms with Crippen molar-refractivity contribution in [2.75, 3.05) is 6.61 Å². The molecule has 0 aromatic heterocycles. The molecule has 0 heterocycles. The highest BCUT2D eigenvalue weighted by Gasteiger charge is 2.04. The van der Waals surface area contributed by atoms with Gasteiger partial charge in [0.25, 0.3) is 0 Å². The lowest BCUT2D eigenvalue weighted by molar-refractivity contribution is -0.117. The monoisotopic (exact) mass is 312 g/mol. The van der Waals surface area contributed by atoms with E-state index in [0.717, 1.165) is 11.1 Å². The molecule has 0 N–H and O–H groups in total. The van der Waals surface area contributed by atoms with Crippen LogP contribution in [-0.4, -0.2) is 12.4 Å². The first-order valence-electron chi connectivity index (χ1n) is 7.98. The Kier molecular flexibility index (Phi) is 12.0. The second kappa shape index (κ2) is 13.3. The summed E-state index contributed by atoms with van der Waals surface area (Å²) in [4.78, 5) is 11.7. The molecule has 0 aliphatic rings. The van der Waals surface area contributed by atoms with Crippen molar-refractivity contribution in [3.05, 3.63) is 78.6 Å². The second-order valence-electron chi connectivity index (χ2n) is 4.59. The van der Waals surface area contributed by atoms with Gasteiger partial charge in [-0.1, -0.05) is 69.0 Å². The van der Waals surface area contributed by atoms with Gasteiger partial charge in [-0.3, -0.25) is 4.79 Å². The summed E-state index contributed by atoms with van der Waals surface area (Å²) in [5, 5.41) is 0. The van der Waals surface area contributed by atoms with E-state index in [1.165, 1.54) is 0 Å². The Hall–Kier alpha value is -2.35. The van der Waals surface area contributed by atoms with Crippen LogP contribution < -0.4 is 0 Å². The number of carbonyl (C=O) groups is 1. The molecule has 0 radical (unpaired) electrons. The molecule has 0 saturated carbocycles. The number of rotatable bonds is 9. The minimum absolute atomic E-state index is 0.161. The molecule has 1 rings (SSSR count). The largest absolute Gasteiger partial charge is 0.490 e. The number of allylic oxidation sites excluding steroid dienone is 3. The second-order valence-corrected chi connectivity index (χ2v) is 4.59. The molecule has 2 nitrogen and oxygen atoms in total. The Labute approximate surface area is 140 Å². The molecule has 1 aromatic carbocycles. The lowest BCUT2D eigenvalue weighted by Crippen LogP contribution is -2.02. The van der Waals surface area contributed by atoms with Gasteiger partial charge in [0.2, 0.25) is 0 Å². The first-order valence-corrected chi connectivity index (χ1v) is 7.98. The highest BCUT2D eigenvalue weighted by atomic mass is 16.5. The number of Topliss-reactive ketones (excluding diaryl/α,β-unsaturated/α-hetero) is 1. The lowest BCUT2D eigenvalue weighted by Gasteiger charge is -2.05. The number of carbonyl (C=O) groups excluding carboxylic acids is 1. The minimum Gasteiger partial charge on any atom is -0.490 e. The zero-order valence-electron chi connectivity index (χ0n) is 14.5. The molecule has 0 atom stereocenters. The predicted octanol–water partition coefficient (Wildman–Crippen LogP) is 5.52. The van der Waals surface area contributed by atoms with Crippen LogP contribution in [0.1, 0.15) is 38.3 Å². The van der Waals surface area contributed by atoms with Crippen LogP contribution in [0.15, 0.2) is 67.5 Å². The number of benzene rings is 1. The minimum atomic E-state index is 0.161. The summed E-state index contributed by atoms with van der Waals surface area (Å²) in [6.45, 7) is 13.9. The highest BCUT2D eigenvalue weighted by molar-refractivity contribution is 5.83. The Morgan fingerprint density at radius 2 is 1.96 bits per heavy atom. The van der Waals surface area contributed by atoms with Gasteiger partial charge in [-0.05, 0) is 24.1 Å². The SMILES string of the molecule is C=CCC(=O)Cc1ccccc1/C=C\C(=C)OC/C=C\C.CC. The molecule has 1 aromatic rings. The summed E-state index contributed by atoms with van der Waals surface area (Å²) in [5.41, 5.74) is 2.01. The Balaban J connectivity index is 0.00000232. The summed E-state index contributed by atoms with van der Waals surface area (Å²) in [7, 11) is 0. The predicted molar refractivity (Wildman–Crippen MR) is 100 cm³/mol. The number of ketones is 1. The van der Waals surface area contributed by atoms with E-state index in [2.05, 4.69) is 13.2 Å². The maximum atomic E-state index is 11.7. The van der Waals surface area contributed by atoms with Gasteiger partial charge in [0.1, 0.15) is 18.1 Å². The number of hydrogen-bond donors (Lipinski definition) is 0. The van der Waals surface area contributed by atoms with Crippen molar-refractivity contribution in [3.63, 3.8) is 0 Å². The van der Waals surface area contributed by atoms with Gasteiger partial charge in [-0.2, -0.15) is 0 Å². The topological polar surface area (TPSA) is 26.3 Å². The first-order chi connectivity index (χ1) is 11.2. The van der Waals surface area contributed by atoms with Gasteiger partial charge in [-0.25, -0.2) is 0 Å². The highest BCUT2D eigenvalue weighted by Crippen LogP contribution is 2.14. The molecule has 0 unspecified atom stereocenters. The van der Waals surface area contributed by atoms with Gasteiger partial charge in [0.15, 0.2) is 0 Å². The van der Waals surface area contributed by atoms with Gasteiger partial charge in [0, 0.05) is 12.8 Å². The summed E-state index contributed by atoms with van der Waals surface area (Å²) < 4.78 is 5.42. The third-order valence-electron chi connectivity index (χ3n) is 2.86. The molecule has 0 amide bonds. The molecular formula is C21H28O2. The molecule has 0 bridgehead atoms. The normalized spacial score (nSPS) is 10.2. The Morgan fingerprint density at radius 1 is 1.26 bits per heavy atom. The number of hydrogen-bond acceptors (Lipinski definition) is 2. The van der Waals surface area contributed by atoms with Gasteiger partial charge in [-0.15, -0.1) is 6.58 Å². The average molecular weight is 312 g/mol. The number of ether oxygens (including phenoxy) is 1. The van der Waals surface area contributed by atoms with Crippen LogP contribution in [0.25, 0.3) is 6.08 Å². The molecule has 23 heavy (non-hydrogen) atoms. The fourth-order valence-electron chi connectivity index (χ4n) is 1.79. The lowest BCUT2D eigenvalue weighted by atomic mass is 10.0. The molecule has 0 aliphatic carbocycles. The van der Waals surface area contributed by atoms with Crippen LogP contribution in [0.3, 0.4) is 0 Å². The Bertz CT molecular complexity index is 551. The van der Waals surface area contributed by atoms with Crippen LogP contribution in [0.2, 0.25) is 0 Å². The maximum Gasteiger partial charge on any atom is 0.141 e. The van der Waals surface area contributed by atoms with E-state index in [9.17, 15) is 4.79 Å². The summed E-state index contributed by atoms with van der Waals surface area (Å²) in [5.74, 6) is 0.759. The van der Waals surface area contributed by atoms with E-state index in [1.54, 1.807) is 6.08 Å². The molecule has 0 aliphatic heterocycles. The maximum absolute atomic E-state index is 11.7. The molecule has 0 fully saturated rings. The first kappa shape index (κ1) is 20.6. The third-order valence-corrected chi connectivity index (χ3v) is 2.86. The summed E-state index contributed by atoms with van der Waals surface area (Å²) >= 11 is 0. The van der Waals surface area contributed by atoms with Crippen molar-refractivity contribution >= 4 is 11.9 Å². The zero-order valence-corrected chi connectivity index (χ0v) is 14.5. The van der Waals surface area contributed by atoms with E-state index in [-0.39, 0.29) is 5.78 Å². The average Bonchev–Trinajstić information content (AvgIpc) is 2.56. The van der Waals surface area contributed by atoms with Crippen molar-refractivity contribution in [1.29, 1.82) is 0 Å². The van der Waals surface area contributed by atoms with Crippen molar-refractivity contribution in [2.45, 2.75) is 33.6 Å². The van der Waals surface area contributed by atoms with Crippen molar-refractivity contribution in [2.24, 2.45) is 0 Å². The molecule has 0 spiro atoms. The van der Waals surface area contributed by atoms with Crippen LogP contribution in [0.4, 0.5) is 0 Å². The fraction of sp³-hybridized carbons (Fsp3) is 0.286. The molecule has 2 heteroatoms. The van der Waals surface area contributed by atoms with Gasteiger partial charge < -0.3 is 4.74 Å². The third kappa shape index (κ3) is 9.30. The summed E-state index contributed by atoms with van der Waals surface area (Å²) in [6, 6.07) is 7.83. The van der Waals surface area contributed by atoms with E-state index < -0.39 is 0 Å². The van der Waals surface area contributed by atoms with Crippen LogP contribution in [0.5, 0.6) is 0 Å². The van der Waals surface area contributed by atoms with E-state index in [1.807, 2.05) is 69.3 Å². The molecular weight excluding hydrogens is 284 g/mol. The van der Waals surface area contributed by atoms with Crippen LogP contribution >= 0.6 is 0 Å². The van der Waals surface area contributed by atoms with Crippen LogP contribution in [-0.2, 0) is 16.0 Å². The summed E-state index contributed by atoms with van der Waals surface area (Å²) in [6.07, 6.45) is 10.0. The quantitative estimate of drug-likeness (QED) is 0.341. The standard InChI is InChI=1S/C19H22O2.C2H6/c1-4-6-14-21-16(3)12-13-17-10-7-8-11-18(17)15-19(20)9-5-2;1-2/h4-8,10-13H,2-3,9,14-15H2,1H3;1-2H3/b6-4-,13-12-;. The van der Waals surface area contributed by atoms with Gasteiger partial charge in [0.05, 0.1) is 0 Å². The van der Waals surface area contributed by atoms with Crippen LogP contribution in [0, 0.1) is 0 Å². The van der Waals surface area contributed by atoms with Gasteiger partial charge >= 0.3 is 0 Å². The van der Waals surface area contributed by atoms with E-state index in [4.69, 9.17) is 4.74 Å². The van der Waals surface area contributed by atoms with Crippen molar-refractivity contribution in [1.82, 2.24) is 0 Å². The fourth-order valence-corrected chi connectivity index (χ4v) is 1.79. The molecule has 0 saturated heterocycles. The zero-order chi connectivity index (χ0) is 17.5.